The van der Waals surface area contributed by atoms with Crippen molar-refractivity contribution in [3.63, 3.8) is 0 Å². The summed E-state index contributed by atoms with van der Waals surface area (Å²) in [6, 6.07) is 1.98. The monoisotopic (exact) mass is 422 g/mol. The van der Waals surface area contributed by atoms with Crippen LogP contribution in [0.2, 0.25) is 0 Å². The van der Waals surface area contributed by atoms with E-state index < -0.39 is 0 Å². The van der Waals surface area contributed by atoms with Crippen molar-refractivity contribution in [1.82, 2.24) is 9.78 Å². The van der Waals surface area contributed by atoms with Crippen LogP contribution in [0.5, 0.6) is 0 Å². The molecule has 3 fully saturated rings. The lowest BCUT2D eigenvalue weighted by molar-refractivity contribution is -0.148. The van der Waals surface area contributed by atoms with Crippen LogP contribution in [-0.4, -0.2) is 27.6 Å². The molecule has 5 heteroatoms. The molecule has 0 radical (unpaired) electrons. The second kappa shape index (κ2) is 7.18. The molecule has 6 unspecified atom stereocenters. The first-order valence-corrected chi connectivity index (χ1v) is 11.8. The number of carbonyl (C=O) groups excluding carboxylic acids is 2. The number of aryl methyl sites for hydroxylation is 1. The van der Waals surface area contributed by atoms with Crippen LogP contribution in [0.4, 0.5) is 0 Å². The molecule has 0 aliphatic heterocycles. The quantitative estimate of drug-likeness (QED) is 0.387. The van der Waals surface area contributed by atoms with E-state index in [0.29, 0.717) is 23.5 Å². The smallest absolute Gasteiger partial charge is 0.302 e. The van der Waals surface area contributed by atoms with Crippen molar-refractivity contribution >= 4 is 17.8 Å². The maximum Gasteiger partial charge on any atom is 0.302 e. The topological polar surface area (TPSA) is 61.2 Å². The summed E-state index contributed by atoms with van der Waals surface area (Å²) in [5.74, 6) is 1.77. The first kappa shape index (κ1) is 20.7. The van der Waals surface area contributed by atoms with E-state index in [-0.39, 0.29) is 22.9 Å². The molecule has 5 nitrogen and oxygen atoms in total. The molecule has 31 heavy (non-hydrogen) atoms. The van der Waals surface area contributed by atoms with Gasteiger partial charge in [-0.25, -0.2) is 0 Å². The van der Waals surface area contributed by atoms with Crippen molar-refractivity contribution in [2.24, 2.45) is 35.6 Å². The number of rotatable bonds is 2. The molecule has 0 N–H and O–H groups in total. The number of Topliss-reactive ketones (excluding diaryl/α,β-unsaturated/α-hetero) is 1. The lowest BCUT2D eigenvalue weighted by atomic mass is 9.48. The summed E-state index contributed by atoms with van der Waals surface area (Å²) in [7, 11) is 1.93. The largest absolute Gasteiger partial charge is 0.462 e. The molecule has 6 atom stereocenters. The fourth-order valence-electron chi connectivity index (χ4n) is 7.47. The number of hydrogen-bond acceptors (Lipinski definition) is 4. The summed E-state index contributed by atoms with van der Waals surface area (Å²) in [6.45, 7) is 6.17. The van der Waals surface area contributed by atoms with Gasteiger partial charge in [0.1, 0.15) is 6.10 Å². The standard InChI is InChI=1S/C26H34N2O3/c1-16(29)31-20-7-10-25(2)18(15-20)5-6-21-22(25)8-11-26(3)23(21)14-17(24(26)30)13-19-9-12-27-28(19)4/h5,9,12-13,20-23H,6-8,10-11,14-15H2,1-4H3. The van der Waals surface area contributed by atoms with Gasteiger partial charge in [0.05, 0.1) is 5.69 Å². The van der Waals surface area contributed by atoms with Crippen LogP contribution in [0.25, 0.3) is 6.08 Å². The number of fused-ring (bicyclic) bond motifs is 5. The molecule has 4 aliphatic carbocycles. The molecule has 0 aromatic carbocycles. The second-order valence-corrected chi connectivity index (χ2v) is 10.8. The van der Waals surface area contributed by atoms with E-state index in [0.717, 1.165) is 56.2 Å². The Morgan fingerprint density at radius 1 is 1.19 bits per heavy atom. The summed E-state index contributed by atoms with van der Waals surface area (Å²) in [5, 5.41) is 4.26. The Labute approximate surface area is 184 Å². The average molecular weight is 423 g/mol. The lowest BCUT2D eigenvalue weighted by Crippen LogP contribution is -2.50. The van der Waals surface area contributed by atoms with E-state index in [1.54, 1.807) is 6.20 Å². The fraction of sp³-hybridized carbons (Fsp3) is 0.654. The van der Waals surface area contributed by atoms with Gasteiger partial charge in [-0.1, -0.05) is 25.5 Å². The third kappa shape index (κ3) is 3.15. The van der Waals surface area contributed by atoms with Gasteiger partial charge in [0.25, 0.3) is 0 Å². The van der Waals surface area contributed by atoms with Gasteiger partial charge in [-0.15, -0.1) is 0 Å². The molecule has 0 spiro atoms. The van der Waals surface area contributed by atoms with E-state index in [9.17, 15) is 9.59 Å². The van der Waals surface area contributed by atoms with Gasteiger partial charge in [0.2, 0.25) is 0 Å². The van der Waals surface area contributed by atoms with E-state index in [1.807, 2.05) is 17.8 Å². The van der Waals surface area contributed by atoms with Crippen LogP contribution in [0.15, 0.2) is 29.5 Å². The van der Waals surface area contributed by atoms with Gasteiger partial charge in [0.15, 0.2) is 5.78 Å². The molecule has 0 amide bonds. The van der Waals surface area contributed by atoms with Crippen LogP contribution in [0, 0.1) is 28.6 Å². The van der Waals surface area contributed by atoms with Gasteiger partial charge in [-0.2, -0.15) is 5.10 Å². The number of hydrogen-bond donors (Lipinski definition) is 0. The molecule has 166 valence electrons. The minimum absolute atomic E-state index is 0.0312. The SMILES string of the molecule is CC(=O)OC1CCC2(C)C(=CCC3C4CC(=Cc5ccnn5C)C(=O)C4(C)CCC32)C1. The van der Waals surface area contributed by atoms with E-state index in [1.165, 1.54) is 12.5 Å². The predicted octanol–water partition coefficient (Wildman–Crippen LogP) is 4.88. The Bertz CT molecular complexity index is 989. The average Bonchev–Trinajstić information content (AvgIpc) is 3.23. The van der Waals surface area contributed by atoms with Crippen LogP contribution in [0.3, 0.4) is 0 Å². The molecule has 5 rings (SSSR count). The molecule has 0 bridgehead atoms. The van der Waals surface area contributed by atoms with Crippen molar-refractivity contribution in [2.75, 3.05) is 0 Å². The maximum atomic E-state index is 13.5. The van der Waals surface area contributed by atoms with E-state index in [2.05, 4.69) is 31.1 Å². The highest BCUT2D eigenvalue weighted by molar-refractivity contribution is 6.05. The summed E-state index contributed by atoms with van der Waals surface area (Å²) in [5.41, 5.74) is 3.42. The van der Waals surface area contributed by atoms with Crippen molar-refractivity contribution in [3.05, 3.63) is 35.2 Å². The minimum atomic E-state index is -0.234. The zero-order chi connectivity index (χ0) is 22.0. The first-order valence-electron chi connectivity index (χ1n) is 11.8. The number of esters is 1. The van der Waals surface area contributed by atoms with E-state index in [4.69, 9.17) is 4.74 Å². The van der Waals surface area contributed by atoms with Crippen molar-refractivity contribution in [3.8, 4) is 0 Å². The van der Waals surface area contributed by atoms with Gasteiger partial charge < -0.3 is 4.74 Å². The lowest BCUT2D eigenvalue weighted by Gasteiger charge is -2.56. The number of carbonyl (C=O) groups is 2. The van der Waals surface area contributed by atoms with Gasteiger partial charge in [0, 0.05) is 32.0 Å². The highest BCUT2D eigenvalue weighted by atomic mass is 16.5. The van der Waals surface area contributed by atoms with Crippen molar-refractivity contribution in [2.45, 2.75) is 71.8 Å². The molecule has 1 heterocycles. The van der Waals surface area contributed by atoms with Crippen LogP contribution in [0.1, 0.15) is 71.4 Å². The minimum Gasteiger partial charge on any atom is -0.462 e. The zero-order valence-electron chi connectivity index (χ0n) is 19.2. The number of aromatic nitrogens is 2. The Kier molecular flexibility index (Phi) is 4.80. The van der Waals surface area contributed by atoms with Crippen molar-refractivity contribution in [1.29, 1.82) is 0 Å². The Morgan fingerprint density at radius 3 is 2.68 bits per heavy atom. The Morgan fingerprint density at radius 2 is 1.97 bits per heavy atom. The maximum absolute atomic E-state index is 13.5. The Hall–Kier alpha value is -2.17. The molecular formula is C26H34N2O3. The molecule has 0 saturated heterocycles. The number of ether oxygens (including phenoxy) is 1. The molecule has 1 aromatic rings. The highest BCUT2D eigenvalue weighted by Gasteiger charge is 2.60. The molecule has 1 aromatic heterocycles. The third-order valence-corrected chi connectivity index (χ3v) is 9.21. The molecule has 3 saturated carbocycles. The van der Waals surface area contributed by atoms with Gasteiger partial charge >= 0.3 is 5.97 Å². The number of allylic oxidation sites excluding steroid dienone is 2. The summed E-state index contributed by atoms with van der Waals surface area (Å²) in [6.07, 6.45) is 13.3. The van der Waals surface area contributed by atoms with Crippen LogP contribution < -0.4 is 0 Å². The van der Waals surface area contributed by atoms with E-state index >= 15 is 0 Å². The third-order valence-electron chi connectivity index (χ3n) is 9.21. The van der Waals surface area contributed by atoms with Gasteiger partial charge in [-0.05, 0) is 79.4 Å². The van der Waals surface area contributed by atoms with Gasteiger partial charge in [-0.3, -0.25) is 14.3 Å². The molecule has 4 aliphatic rings. The summed E-state index contributed by atoms with van der Waals surface area (Å²) >= 11 is 0. The zero-order valence-corrected chi connectivity index (χ0v) is 19.2. The second-order valence-electron chi connectivity index (χ2n) is 10.8. The number of ketones is 1. The van der Waals surface area contributed by atoms with Crippen molar-refractivity contribution < 1.29 is 14.3 Å². The van der Waals surface area contributed by atoms with Crippen LogP contribution in [-0.2, 0) is 21.4 Å². The number of nitrogens with zero attached hydrogens (tertiary/aromatic N) is 2. The summed E-state index contributed by atoms with van der Waals surface area (Å²) < 4.78 is 7.39. The first-order chi connectivity index (χ1) is 14.7. The normalized spacial score (nSPS) is 40.7. The predicted molar refractivity (Wildman–Crippen MR) is 119 cm³/mol. The van der Waals surface area contributed by atoms with Crippen LogP contribution >= 0.6 is 0 Å². The Balaban J connectivity index is 1.43. The molecular weight excluding hydrogens is 388 g/mol. The summed E-state index contributed by atoms with van der Waals surface area (Å²) in [4.78, 5) is 25.0. The fourth-order valence-corrected chi connectivity index (χ4v) is 7.47. The highest BCUT2D eigenvalue weighted by Crippen LogP contribution is 2.64.